The summed E-state index contributed by atoms with van der Waals surface area (Å²) in [5.41, 5.74) is 0.605. The first-order valence-electron chi connectivity index (χ1n) is 3.77. The summed E-state index contributed by atoms with van der Waals surface area (Å²) in [5, 5.41) is 5.64. The second-order valence-electron chi connectivity index (χ2n) is 2.54. The van der Waals surface area contributed by atoms with Crippen LogP contribution in [0.15, 0.2) is 34.0 Å². The maximum atomic E-state index is 11.1. The second-order valence-corrected chi connectivity index (χ2v) is 3.46. The van der Waals surface area contributed by atoms with E-state index < -0.39 is 6.03 Å². The largest absolute Gasteiger partial charge is 0.344 e. The van der Waals surface area contributed by atoms with Crippen LogP contribution in [0.4, 0.5) is 10.5 Å². The first-order valence-corrected chi connectivity index (χ1v) is 4.56. The Bertz CT molecular complexity index is 339. The van der Waals surface area contributed by atoms with Gasteiger partial charge in [0, 0.05) is 17.2 Å². The van der Waals surface area contributed by atoms with Gasteiger partial charge in [-0.05, 0) is 24.3 Å². The van der Waals surface area contributed by atoms with E-state index in [2.05, 4.69) is 26.5 Å². The van der Waals surface area contributed by atoms with Gasteiger partial charge in [0.1, 0.15) is 0 Å². The molecule has 74 valence electrons. The lowest BCUT2D eigenvalue weighted by atomic mass is 10.3. The zero-order chi connectivity index (χ0) is 10.6. The number of nitrogens with one attached hydrogen (secondary N) is 1. The summed E-state index contributed by atoms with van der Waals surface area (Å²) in [4.78, 5) is 21.1. The minimum atomic E-state index is -0.567. The lowest BCUT2D eigenvalue weighted by Gasteiger charge is -2.08. The van der Waals surface area contributed by atoms with Crippen LogP contribution in [-0.4, -0.2) is 18.1 Å². The molecule has 1 rings (SSSR count). The van der Waals surface area contributed by atoms with Crippen LogP contribution in [0, 0.1) is 4.91 Å². The first-order chi connectivity index (χ1) is 6.63. The van der Waals surface area contributed by atoms with Gasteiger partial charge < -0.3 is 5.32 Å². The summed E-state index contributed by atoms with van der Waals surface area (Å²) in [7, 11) is 1.28. The molecule has 0 atom stereocenters. The van der Waals surface area contributed by atoms with Crippen LogP contribution in [0.25, 0.3) is 0 Å². The van der Waals surface area contributed by atoms with Gasteiger partial charge in [0.25, 0.3) is 0 Å². The standard InChI is InChI=1S/C8H8BrN3O2/c1-12(11-14)8(13)10-7-4-2-6(9)3-5-7/h2-5H,1H3,(H,10,13). The average Bonchev–Trinajstić information content (AvgIpc) is 2.20. The van der Waals surface area contributed by atoms with E-state index >= 15 is 0 Å². The van der Waals surface area contributed by atoms with Gasteiger partial charge >= 0.3 is 6.03 Å². The molecule has 5 nitrogen and oxygen atoms in total. The van der Waals surface area contributed by atoms with Crippen LogP contribution in [0.5, 0.6) is 0 Å². The zero-order valence-corrected chi connectivity index (χ0v) is 8.98. The van der Waals surface area contributed by atoms with Gasteiger partial charge in [0.2, 0.25) is 0 Å². The Morgan fingerprint density at radius 1 is 1.43 bits per heavy atom. The summed E-state index contributed by atoms with van der Waals surface area (Å²) < 4.78 is 0.914. The summed E-state index contributed by atoms with van der Waals surface area (Å²) in [6, 6.07) is 6.41. The van der Waals surface area contributed by atoms with E-state index in [1.165, 1.54) is 7.05 Å². The fourth-order valence-corrected chi connectivity index (χ4v) is 1.04. The fourth-order valence-electron chi connectivity index (χ4n) is 0.775. The monoisotopic (exact) mass is 257 g/mol. The molecule has 0 saturated carbocycles. The minimum Gasteiger partial charge on any atom is -0.306 e. The molecule has 1 N–H and O–H groups in total. The zero-order valence-electron chi connectivity index (χ0n) is 7.40. The van der Waals surface area contributed by atoms with E-state index in [9.17, 15) is 9.70 Å². The Labute approximate surface area is 89.2 Å². The summed E-state index contributed by atoms with van der Waals surface area (Å²) in [6.07, 6.45) is 0. The number of carbonyl (C=O) groups excluding carboxylic acids is 1. The molecule has 14 heavy (non-hydrogen) atoms. The van der Waals surface area contributed by atoms with Crippen molar-refractivity contribution in [2.75, 3.05) is 12.4 Å². The molecule has 0 heterocycles. The molecular formula is C8H8BrN3O2. The molecular weight excluding hydrogens is 250 g/mol. The third kappa shape index (κ3) is 2.81. The van der Waals surface area contributed by atoms with Crippen LogP contribution in [0.3, 0.4) is 0 Å². The number of hydrogen-bond acceptors (Lipinski definition) is 3. The fraction of sp³-hybridized carbons (Fsp3) is 0.125. The number of benzene rings is 1. The molecule has 0 aliphatic heterocycles. The van der Waals surface area contributed by atoms with Gasteiger partial charge in [-0.2, -0.15) is 5.01 Å². The Hall–Kier alpha value is -1.43. The molecule has 1 aromatic carbocycles. The van der Waals surface area contributed by atoms with E-state index in [4.69, 9.17) is 0 Å². The highest BCUT2D eigenvalue weighted by atomic mass is 79.9. The lowest BCUT2D eigenvalue weighted by Crippen LogP contribution is -2.26. The van der Waals surface area contributed by atoms with Crippen molar-refractivity contribution >= 4 is 27.6 Å². The predicted molar refractivity (Wildman–Crippen MR) is 56.7 cm³/mol. The highest BCUT2D eigenvalue weighted by molar-refractivity contribution is 9.10. The molecule has 0 aliphatic carbocycles. The lowest BCUT2D eigenvalue weighted by molar-refractivity contribution is 0.224. The van der Waals surface area contributed by atoms with Gasteiger partial charge in [-0.15, -0.1) is 4.91 Å². The highest BCUT2D eigenvalue weighted by Crippen LogP contribution is 2.14. The molecule has 0 radical (unpaired) electrons. The molecule has 0 unspecified atom stereocenters. The number of halogens is 1. The first kappa shape index (κ1) is 10.6. The normalized spacial score (nSPS) is 9.29. The number of hydrogen-bond donors (Lipinski definition) is 1. The van der Waals surface area contributed by atoms with Crippen molar-refractivity contribution in [3.8, 4) is 0 Å². The van der Waals surface area contributed by atoms with Gasteiger partial charge in [-0.25, -0.2) is 4.79 Å². The number of carbonyl (C=O) groups is 1. The van der Waals surface area contributed by atoms with Crippen molar-refractivity contribution in [1.29, 1.82) is 0 Å². The number of rotatable bonds is 2. The summed E-state index contributed by atoms with van der Waals surface area (Å²) in [5.74, 6) is 0. The van der Waals surface area contributed by atoms with E-state index in [1.54, 1.807) is 24.3 Å². The third-order valence-corrected chi connectivity index (χ3v) is 2.04. The Morgan fingerprint density at radius 3 is 2.50 bits per heavy atom. The van der Waals surface area contributed by atoms with Crippen LogP contribution < -0.4 is 5.32 Å². The topological polar surface area (TPSA) is 61.8 Å². The van der Waals surface area contributed by atoms with Crippen molar-refractivity contribution in [1.82, 2.24) is 5.01 Å². The van der Waals surface area contributed by atoms with E-state index in [0.717, 1.165) is 4.47 Å². The minimum absolute atomic E-state index is 0.567. The van der Waals surface area contributed by atoms with Crippen LogP contribution in [0.2, 0.25) is 0 Å². The summed E-state index contributed by atoms with van der Waals surface area (Å²) in [6.45, 7) is 0. The Kier molecular flexibility index (Phi) is 3.58. The highest BCUT2D eigenvalue weighted by Gasteiger charge is 2.07. The van der Waals surface area contributed by atoms with Crippen LogP contribution >= 0.6 is 15.9 Å². The SMILES string of the molecule is CN(N=O)C(=O)Nc1ccc(Br)cc1. The second kappa shape index (κ2) is 4.71. The molecule has 0 aliphatic rings. The summed E-state index contributed by atoms with van der Waals surface area (Å²) >= 11 is 3.26. The van der Waals surface area contributed by atoms with Gasteiger partial charge in [-0.3, -0.25) is 0 Å². The molecule has 0 saturated heterocycles. The number of nitrogens with zero attached hydrogens (tertiary/aromatic N) is 2. The molecule has 6 heteroatoms. The average molecular weight is 258 g/mol. The smallest absolute Gasteiger partial charge is 0.306 e. The number of anilines is 1. The molecule has 0 bridgehead atoms. The molecule has 0 fully saturated rings. The van der Waals surface area contributed by atoms with Crippen LogP contribution in [-0.2, 0) is 0 Å². The maximum absolute atomic E-state index is 11.1. The van der Waals surface area contributed by atoms with Gasteiger partial charge in [0.15, 0.2) is 0 Å². The molecule has 1 aromatic rings. The number of urea groups is 1. The quantitative estimate of drug-likeness (QED) is 0.654. The van der Waals surface area contributed by atoms with Crippen molar-refractivity contribution in [2.45, 2.75) is 0 Å². The van der Waals surface area contributed by atoms with Crippen LogP contribution in [0.1, 0.15) is 0 Å². The molecule has 2 amide bonds. The Morgan fingerprint density at radius 2 is 2.00 bits per heavy atom. The predicted octanol–water partition coefficient (Wildman–Crippen LogP) is 2.59. The van der Waals surface area contributed by atoms with E-state index in [-0.39, 0.29) is 0 Å². The van der Waals surface area contributed by atoms with E-state index in [0.29, 0.717) is 10.7 Å². The molecule has 0 spiro atoms. The Balaban J connectivity index is 2.65. The van der Waals surface area contributed by atoms with Crippen molar-refractivity contribution in [2.24, 2.45) is 5.29 Å². The van der Waals surface area contributed by atoms with Crippen molar-refractivity contribution in [3.63, 3.8) is 0 Å². The van der Waals surface area contributed by atoms with Gasteiger partial charge in [0.05, 0.1) is 5.29 Å². The number of amides is 2. The van der Waals surface area contributed by atoms with Gasteiger partial charge in [-0.1, -0.05) is 15.9 Å². The van der Waals surface area contributed by atoms with E-state index in [1.807, 2.05) is 0 Å². The van der Waals surface area contributed by atoms with Crippen molar-refractivity contribution < 1.29 is 4.79 Å². The molecule has 0 aromatic heterocycles. The third-order valence-electron chi connectivity index (χ3n) is 1.51. The maximum Gasteiger partial charge on any atom is 0.344 e. The number of nitroso groups, excluding NO2 is 1. The van der Waals surface area contributed by atoms with Crippen molar-refractivity contribution in [3.05, 3.63) is 33.6 Å².